The molecule has 0 unspecified atom stereocenters. The molecule has 0 aliphatic heterocycles. The van der Waals surface area contributed by atoms with Gasteiger partial charge in [-0.15, -0.1) is 0 Å². The first-order valence-electron chi connectivity index (χ1n) is 6.34. The highest BCUT2D eigenvalue weighted by Crippen LogP contribution is 2.36. The zero-order chi connectivity index (χ0) is 15.8. The number of amides is 1. The third kappa shape index (κ3) is 3.76. The van der Waals surface area contributed by atoms with Crippen LogP contribution in [0.2, 0.25) is 0 Å². The van der Waals surface area contributed by atoms with Crippen molar-refractivity contribution in [3.63, 3.8) is 0 Å². The molecule has 21 heavy (non-hydrogen) atoms. The van der Waals surface area contributed by atoms with Crippen LogP contribution < -0.4 is 10.5 Å². The number of nitrogens with two attached hydrogens (primary N) is 1. The Morgan fingerprint density at radius 1 is 1.48 bits per heavy atom. The highest BCUT2D eigenvalue weighted by molar-refractivity contribution is 7.89. The summed E-state index contributed by atoms with van der Waals surface area (Å²) in [5, 5.41) is 11.2. The molecule has 3 N–H and O–H groups in total. The molecule has 0 atom stereocenters. The molecule has 118 valence electrons. The van der Waals surface area contributed by atoms with Gasteiger partial charge in [-0.05, 0) is 12.8 Å². The van der Waals surface area contributed by atoms with Gasteiger partial charge in [-0.2, -0.15) is 5.10 Å². The number of carbonyl (C=O) groups excluding carboxylic acids is 1. The SMILES string of the molecule is Cn1cc(S(N)(=O)=O)c(NC(=O)C2CCC(F)(F)CC2)n1. The standard InChI is InChI=1S/C11H16F2N4O3S/c1-17-6-8(21(14,19)20)9(16-17)15-10(18)7-2-4-11(12,13)5-3-7/h6-7H,2-5H2,1H3,(H2,14,19,20)(H,15,16,18). The summed E-state index contributed by atoms with van der Waals surface area (Å²) in [6, 6.07) is 0. The Morgan fingerprint density at radius 2 is 2.05 bits per heavy atom. The minimum Gasteiger partial charge on any atom is -0.308 e. The number of alkyl halides is 2. The van der Waals surface area contributed by atoms with Crippen LogP contribution in [0.1, 0.15) is 25.7 Å². The minimum absolute atomic E-state index is 0.0520. The molecular weight excluding hydrogens is 306 g/mol. The van der Waals surface area contributed by atoms with Crippen molar-refractivity contribution < 1.29 is 22.0 Å². The van der Waals surface area contributed by atoms with Crippen LogP contribution in [0.25, 0.3) is 0 Å². The molecule has 7 nitrogen and oxygen atoms in total. The number of aromatic nitrogens is 2. The number of nitrogens with one attached hydrogen (secondary N) is 1. The lowest BCUT2D eigenvalue weighted by Gasteiger charge is -2.27. The third-order valence-corrected chi connectivity index (χ3v) is 4.34. The second-order valence-electron chi connectivity index (χ2n) is 5.18. The van der Waals surface area contributed by atoms with Crippen molar-refractivity contribution in [1.82, 2.24) is 9.78 Å². The number of primary sulfonamides is 1. The fourth-order valence-corrected chi connectivity index (χ4v) is 2.94. The Morgan fingerprint density at radius 3 is 2.57 bits per heavy atom. The van der Waals surface area contributed by atoms with E-state index >= 15 is 0 Å². The van der Waals surface area contributed by atoms with Gasteiger partial charge in [0.1, 0.15) is 4.90 Å². The normalized spacial score (nSPS) is 19.4. The number of nitrogens with zero attached hydrogens (tertiary/aromatic N) is 2. The summed E-state index contributed by atoms with van der Waals surface area (Å²) in [7, 11) is -2.55. The lowest BCUT2D eigenvalue weighted by molar-refractivity contribution is -0.124. The lowest BCUT2D eigenvalue weighted by Crippen LogP contribution is -2.32. The molecule has 1 aromatic heterocycles. The summed E-state index contributed by atoms with van der Waals surface area (Å²) in [6.45, 7) is 0. The molecule has 0 bridgehead atoms. The van der Waals surface area contributed by atoms with Crippen molar-refractivity contribution in [3.8, 4) is 0 Å². The average molecular weight is 322 g/mol. The predicted octanol–water partition coefficient (Wildman–Crippen LogP) is 0.831. The first kappa shape index (κ1) is 15.8. The number of sulfonamides is 1. The third-order valence-electron chi connectivity index (χ3n) is 3.43. The van der Waals surface area contributed by atoms with E-state index in [0.29, 0.717) is 0 Å². The molecule has 1 heterocycles. The summed E-state index contributed by atoms with van der Waals surface area (Å²) >= 11 is 0. The van der Waals surface area contributed by atoms with Crippen molar-refractivity contribution in [1.29, 1.82) is 0 Å². The minimum atomic E-state index is -4.03. The Labute approximate surface area is 120 Å². The van der Waals surface area contributed by atoms with Gasteiger partial charge in [0.2, 0.25) is 21.9 Å². The van der Waals surface area contributed by atoms with Crippen molar-refractivity contribution in [2.45, 2.75) is 36.5 Å². The van der Waals surface area contributed by atoms with Crippen LogP contribution in [0, 0.1) is 5.92 Å². The number of carbonyl (C=O) groups is 1. The summed E-state index contributed by atoms with van der Waals surface area (Å²) in [6.07, 6.45) is 0.567. The Balaban J connectivity index is 2.11. The molecular formula is C11H16F2N4O3S. The van der Waals surface area contributed by atoms with Gasteiger partial charge in [-0.1, -0.05) is 0 Å². The number of hydrogen-bond donors (Lipinski definition) is 2. The van der Waals surface area contributed by atoms with Gasteiger partial charge in [-0.3, -0.25) is 9.48 Å². The van der Waals surface area contributed by atoms with Gasteiger partial charge in [-0.25, -0.2) is 22.3 Å². The molecule has 0 aromatic carbocycles. The largest absolute Gasteiger partial charge is 0.308 e. The van der Waals surface area contributed by atoms with Gasteiger partial charge < -0.3 is 5.32 Å². The number of anilines is 1. The van der Waals surface area contributed by atoms with Gasteiger partial charge in [0.15, 0.2) is 5.82 Å². The lowest BCUT2D eigenvalue weighted by atomic mass is 9.86. The van der Waals surface area contributed by atoms with Crippen LogP contribution in [-0.2, 0) is 21.9 Å². The number of hydrogen-bond acceptors (Lipinski definition) is 4. The molecule has 1 aliphatic rings. The molecule has 2 rings (SSSR count). The first-order valence-corrected chi connectivity index (χ1v) is 7.88. The van der Waals surface area contributed by atoms with Crippen molar-refractivity contribution in [2.24, 2.45) is 18.1 Å². The first-order chi connectivity index (χ1) is 9.58. The fourth-order valence-electron chi connectivity index (χ4n) is 2.28. The van der Waals surface area contributed by atoms with E-state index in [9.17, 15) is 22.0 Å². The topological polar surface area (TPSA) is 107 Å². The summed E-state index contributed by atoms with van der Waals surface area (Å²) in [4.78, 5) is 11.7. The molecule has 1 aliphatic carbocycles. The maximum Gasteiger partial charge on any atom is 0.248 e. The van der Waals surface area contributed by atoms with E-state index in [-0.39, 0.29) is 36.4 Å². The van der Waals surface area contributed by atoms with E-state index in [0.717, 1.165) is 0 Å². The van der Waals surface area contributed by atoms with E-state index in [1.54, 1.807) is 0 Å². The molecule has 0 saturated heterocycles. The number of rotatable bonds is 3. The van der Waals surface area contributed by atoms with E-state index in [4.69, 9.17) is 5.14 Å². The zero-order valence-electron chi connectivity index (χ0n) is 11.3. The summed E-state index contributed by atoms with van der Waals surface area (Å²) in [5.74, 6) is -4.01. The zero-order valence-corrected chi connectivity index (χ0v) is 12.2. The maximum absolute atomic E-state index is 13.0. The number of aryl methyl sites for hydroxylation is 1. The van der Waals surface area contributed by atoms with Crippen LogP contribution in [0.3, 0.4) is 0 Å². The molecule has 1 amide bonds. The molecule has 1 saturated carbocycles. The van der Waals surface area contributed by atoms with Crippen LogP contribution in [-0.4, -0.2) is 30.0 Å². The van der Waals surface area contributed by atoms with Gasteiger partial charge in [0.05, 0.1) is 0 Å². The smallest absolute Gasteiger partial charge is 0.248 e. The van der Waals surface area contributed by atoms with E-state index < -0.39 is 27.8 Å². The summed E-state index contributed by atoms with van der Waals surface area (Å²) in [5.41, 5.74) is 0. The van der Waals surface area contributed by atoms with Crippen LogP contribution in [0.4, 0.5) is 14.6 Å². The van der Waals surface area contributed by atoms with Gasteiger partial charge in [0, 0.05) is 32.0 Å². The molecule has 1 fully saturated rings. The Kier molecular flexibility index (Phi) is 4.02. The van der Waals surface area contributed by atoms with Crippen LogP contribution in [0.15, 0.2) is 11.1 Å². The second kappa shape index (κ2) is 5.34. The Hall–Kier alpha value is -1.55. The van der Waals surface area contributed by atoms with Crippen molar-refractivity contribution in [3.05, 3.63) is 6.20 Å². The van der Waals surface area contributed by atoms with Crippen molar-refractivity contribution in [2.75, 3.05) is 5.32 Å². The van der Waals surface area contributed by atoms with Gasteiger partial charge >= 0.3 is 0 Å². The average Bonchev–Trinajstić information content (AvgIpc) is 2.69. The maximum atomic E-state index is 13.0. The monoisotopic (exact) mass is 322 g/mol. The van der Waals surface area contributed by atoms with E-state index in [1.165, 1.54) is 17.9 Å². The molecule has 0 spiro atoms. The van der Waals surface area contributed by atoms with Crippen LogP contribution >= 0.6 is 0 Å². The van der Waals surface area contributed by atoms with E-state index in [2.05, 4.69) is 10.4 Å². The Bertz CT molecular complexity index is 646. The molecule has 0 radical (unpaired) electrons. The predicted molar refractivity (Wildman–Crippen MR) is 70.1 cm³/mol. The van der Waals surface area contributed by atoms with Gasteiger partial charge in [0.25, 0.3) is 0 Å². The fraction of sp³-hybridized carbons (Fsp3) is 0.636. The highest BCUT2D eigenvalue weighted by atomic mass is 32.2. The van der Waals surface area contributed by atoms with Crippen molar-refractivity contribution >= 4 is 21.7 Å². The quantitative estimate of drug-likeness (QED) is 0.859. The number of halogens is 2. The van der Waals surface area contributed by atoms with Crippen LogP contribution in [0.5, 0.6) is 0 Å². The molecule has 1 aromatic rings. The van der Waals surface area contributed by atoms with E-state index in [1.807, 2.05) is 0 Å². The second-order valence-corrected chi connectivity index (χ2v) is 6.71. The summed E-state index contributed by atoms with van der Waals surface area (Å²) < 4.78 is 50.1. The highest BCUT2D eigenvalue weighted by Gasteiger charge is 2.37. The molecule has 10 heteroatoms.